The largest absolute Gasteiger partial charge is 1.00 e. The van der Waals surface area contributed by atoms with E-state index in [4.69, 9.17) is 25.9 Å². The summed E-state index contributed by atoms with van der Waals surface area (Å²) in [6.07, 6.45) is 31.3. The molecule has 9 heteroatoms. The topological polar surface area (TPSA) is 122 Å². The molecule has 4 heterocycles. The van der Waals surface area contributed by atoms with Crippen molar-refractivity contribution in [1.82, 2.24) is 0 Å². The number of aliphatic hydroxyl groups excluding tert-OH is 2. The van der Waals surface area contributed by atoms with Gasteiger partial charge in [0, 0.05) is 36.3 Å². The maximum absolute atomic E-state index is 10.2. The van der Waals surface area contributed by atoms with Crippen LogP contribution in [-0.2, 0) is 17.1 Å². The number of hydrogen-bond donors (Lipinski definition) is 2. The first-order chi connectivity index (χ1) is 21.7. The fourth-order valence-electron chi connectivity index (χ4n) is 7.82. The average molecular weight is 670 g/mol. The van der Waals surface area contributed by atoms with Crippen LogP contribution in [-0.4, -0.2) is 90.7 Å². The zero-order valence-corrected chi connectivity index (χ0v) is 28.2. The van der Waals surface area contributed by atoms with Crippen LogP contribution in [0.3, 0.4) is 0 Å². The molecule has 9 atom stereocenters. The standard InChI is InChI=1S/C18H31N3O.C18H27N3O.Cu/c2*22-17-10-2-1-7-14(17)13-21-18(15-8-3-5-11-19-15)16-9-4-6-12-20-16;/h13-18,22H,1-12H2;3,5,8,11,13-18,22H,1-2,4,6-7,9-10,12H2;/q2*-2;+1. The van der Waals surface area contributed by atoms with E-state index in [2.05, 4.69) is 23.7 Å². The normalized spacial score (nSPS) is 37.2. The van der Waals surface area contributed by atoms with Gasteiger partial charge in [-0.1, -0.05) is 108 Å². The van der Waals surface area contributed by atoms with Gasteiger partial charge in [-0.3, -0.25) is 9.98 Å². The Morgan fingerprint density at radius 2 is 1.00 bits per heavy atom. The zero-order chi connectivity index (χ0) is 30.4. The fraction of sp³-hybridized carbons (Fsp3) is 0.833. The molecule has 6 aliphatic rings. The first kappa shape index (κ1) is 36.8. The van der Waals surface area contributed by atoms with Crippen molar-refractivity contribution < 1.29 is 27.3 Å². The van der Waals surface area contributed by atoms with Gasteiger partial charge < -0.3 is 31.5 Å². The first-order valence-electron chi connectivity index (χ1n) is 18.1. The molecule has 0 bridgehead atoms. The van der Waals surface area contributed by atoms with Gasteiger partial charge in [0.2, 0.25) is 0 Å². The number of rotatable bonds is 8. The van der Waals surface area contributed by atoms with E-state index >= 15 is 0 Å². The van der Waals surface area contributed by atoms with E-state index in [1.807, 2.05) is 18.5 Å². The van der Waals surface area contributed by atoms with Gasteiger partial charge in [0.15, 0.2) is 0 Å². The SMILES string of the molecule is OC1CCCCC1C=NC(C1C=CC=C[N-]1)C1CCCC[N-]1.OC1CCCCC1C=NC(C1CCCC[N-]1)C1CCCC[N-]1.[Cu+]. The molecule has 0 aromatic carbocycles. The van der Waals surface area contributed by atoms with Crippen LogP contribution in [0, 0.1) is 11.8 Å². The molecule has 2 aliphatic carbocycles. The minimum Gasteiger partial charge on any atom is -0.683 e. The zero-order valence-electron chi connectivity index (χ0n) is 27.3. The molecular formula is C36H58CuN6O2-3. The van der Waals surface area contributed by atoms with Crippen molar-refractivity contribution in [1.29, 1.82) is 0 Å². The maximum Gasteiger partial charge on any atom is 1.00 e. The second kappa shape index (κ2) is 20.3. The van der Waals surface area contributed by atoms with Crippen LogP contribution in [0.2, 0.25) is 0 Å². The molecular weight excluding hydrogens is 612 g/mol. The molecule has 9 unspecified atom stereocenters. The van der Waals surface area contributed by atoms with E-state index in [-0.39, 0.29) is 65.3 Å². The third-order valence-corrected chi connectivity index (χ3v) is 10.6. The molecule has 0 aromatic rings. The smallest absolute Gasteiger partial charge is 0.683 e. The molecule has 0 spiro atoms. The second-order valence-electron chi connectivity index (χ2n) is 13.9. The predicted molar refractivity (Wildman–Crippen MR) is 184 cm³/mol. The van der Waals surface area contributed by atoms with Crippen molar-refractivity contribution in [2.45, 2.75) is 158 Å². The van der Waals surface area contributed by atoms with Crippen LogP contribution in [0.5, 0.6) is 0 Å². The number of aliphatic hydroxyl groups is 2. The van der Waals surface area contributed by atoms with Gasteiger partial charge in [0.1, 0.15) is 0 Å². The maximum atomic E-state index is 10.2. The molecule has 3 saturated heterocycles. The van der Waals surface area contributed by atoms with Crippen molar-refractivity contribution in [2.75, 3.05) is 19.6 Å². The Hall–Kier alpha value is -1.06. The molecule has 6 rings (SSSR count). The van der Waals surface area contributed by atoms with E-state index < -0.39 is 0 Å². The Morgan fingerprint density at radius 1 is 0.556 bits per heavy atom. The van der Waals surface area contributed by atoms with E-state index in [1.165, 1.54) is 64.2 Å². The quantitative estimate of drug-likeness (QED) is 0.205. The average Bonchev–Trinajstić information content (AvgIpc) is 3.09. The van der Waals surface area contributed by atoms with Crippen LogP contribution >= 0.6 is 0 Å². The Balaban J connectivity index is 0.000000200. The number of aliphatic imine (C=N–C) groups is 2. The van der Waals surface area contributed by atoms with Gasteiger partial charge in [-0.05, 0) is 25.7 Å². The van der Waals surface area contributed by atoms with Crippen LogP contribution in [0.25, 0.3) is 21.3 Å². The minimum absolute atomic E-state index is 0. The van der Waals surface area contributed by atoms with Gasteiger partial charge >= 0.3 is 17.1 Å². The summed E-state index contributed by atoms with van der Waals surface area (Å²) in [5, 5.41) is 39.4. The molecule has 0 amide bonds. The Kier molecular flexibility index (Phi) is 16.6. The van der Waals surface area contributed by atoms with Crippen LogP contribution < -0.4 is 0 Å². The summed E-state index contributed by atoms with van der Waals surface area (Å²) < 4.78 is 0. The number of allylic oxidation sites excluding steroid dienone is 2. The van der Waals surface area contributed by atoms with E-state index in [0.717, 1.165) is 64.6 Å². The van der Waals surface area contributed by atoms with Crippen molar-refractivity contribution in [3.8, 4) is 0 Å². The molecule has 5 fully saturated rings. The number of piperidine rings is 3. The van der Waals surface area contributed by atoms with E-state index in [0.29, 0.717) is 12.1 Å². The van der Waals surface area contributed by atoms with E-state index in [9.17, 15) is 10.2 Å². The molecule has 258 valence electrons. The summed E-state index contributed by atoms with van der Waals surface area (Å²) >= 11 is 0. The summed E-state index contributed by atoms with van der Waals surface area (Å²) in [5.74, 6) is 0.464. The minimum atomic E-state index is -0.222. The summed E-state index contributed by atoms with van der Waals surface area (Å²) in [4.78, 5) is 9.86. The van der Waals surface area contributed by atoms with Crippen molar-refractivity contribution in [3.63, 3.8) is 0 Å². The second-order valence-corrected chi connectivity index (χ2v) is 13.9. The number of nitrogens with zero attached hydrogens (tertiary/aromatic N) is 6. The van der Waals surface area contributed by atoms with Crippen molar-refractivity contribution >= 4 is 12.4 Å². The van der Waals surface area contributed by atoms with Gasteiger partial charge in [0.25, 0.3) is 0 Å². The van der Waals surface area contributed by atoms with Crippen LogP contribution in [0.15, 0.2) is 34.4 Å². The van der Waals surface area contributed by atoms with Gasteiger partial charge in [-0.25, -0.2) is 0 Å². The Labute approximate surface area is 283 Å². The summed E-state index contributed by atoms with van der Waals surface area (Å²) in [7, 11) is 0. The summed E-state index contributed by atoms with van der Waals surface area (Å²) in [6, 6.07) is 1.41. The van der Waals surface area contributed by atoms with E-state index in [1.54, 1.807) is 0 Å². The monoisotopic (exact) mass is 669 g/mol. The molecule has 45 heavy (non-hydrogen) atoms. The Morgan fingerprint density at radius 3 is 1.42 bits per heavy atom. The summed E-state index contributed by atoms with van der Waals surface area (Å²) in [5.41, 5.74) is 0. The van der Waals surface area contributed by atoms with Gasteiger partial charge in [-0.2, -0.15) is 6.20 Å². The molecule has 0 radical (unpaired) electrons. The van der Waals surface area contributed by atoms with Crippen molar-refractivity contribution in [3.05, 3.63) is 45.7 Å². The molecule has 2 saturated carbocycles. The Bertz CT molecular complexity index is 911. The van der Waals surface area contributed by atoms with Crippen LogP contribution in [0.1, 0.15) is 109 Å². The predicted octanol–water partition coefficient (Wildman–Crippen LogP) is 7.56. The molecule has 0 aromatic heterocycles. The third-order valence-electron chi connectivity index (χ3n) is 10.6. The molecule has 2 N–H and O–H groups in total. The van der Waals surface area contributed by atoms with Crippen LogP contribution in [0.4, 0.5) is 0 Å². The number of hydrogen-bond acceptors (Lipinski definition) is 4. The molecule has 8 nitrogen and oxygen atoms in total. The third kappa shape index (κ3) is 11.5. The first-order valence-corrected chi connectivity index (χ1v) is 18.1. The van der Waals surface area contributed by atoms with Crippen molar-refractivity contribution in [2.24, 2.45) is 21.8 Å². The van der Waals surface area contributed by atoms with Gasteiger partial charge in [-0.15, -0.1) is 37.8 Å². The fourth-order valence-corrected chi connectivity index (χ4v) is 7.82. The summed E-state index contributed by atoms with van der Waals surface area (Å²) in [6.45, 7) is 2.94. The van der Waals surface area contributed by atoms with Gasteiger partial charge in [0.05, 0.1) is 12.2 Å². The molecule has 4 aliphatic heterocycles.